The Hall–Kier alpha value is -4.31. The van der Waals surface area contributed by atoms with E-state index in [4.69, 9.17) is 0 Å². The third kappa shape index (κ3) is 5.65. The summed E-state index contributed by atoms with van der Waals surface area (Å²) in [6.07, 6.45) is 3.08. The van der Waals surface area contributed by atoms with Crippen LogP contribution in [0.4, 0.5) is 15.8 Å². The van der Waals surface area contributed by atoms with Crippen LogP contribution in [0, 0.1) is 5.82 Å². The largest absolute Gasteiger partial charge is 0.366 e. The van der Waals surface area contributed by atoms with E-state index in [1.807, 2.05) is 6.07 Å². The third-order valence-electron chi connectivity index (χ3n) is 6.80. The molecular formula is C28H29FN6O3. The topological polar surface area (TPSA) is 97.9 Å². The molecule has 5 rings (SSSR count). The summed E-state index contributed by atoms with van der Waals surface area (Å²) in [6.45, 7) is 4.64. The molecule has 3 amide bonds. The minimum Gasteiger partial charge on any atom is -0.366 e. The molecule has 1 aromatic heterocycles. The van der Waals surface area contributed by atoms with E-state index in [0.717, 1.165) is 18.8 Å². The first-order valence-corrected chi connectivity index (χ1v) is 12.6. The number of nitrogens with zero attached hydrogens (tertiary/aromatic N) is 4. The molecule has 0 saturated carbocycles. The molecule has 2 saturated heterocycles. The highest BCUT2D eigenvalue weighted by Crippen LogP contribution is 2.30. The molecule has 2 N–H and O–H groups in total. The minimum atomic E-state index is -0.445. The molecule has 0 radical (unpaired) electrons. The Labute approximate surface area is 220 Å². The van der Waals surface area contributed by atoms with Crippen molar-refractivity contribution in [3.63, 3.8) is 0 Å². The molecule has 2 fully saturated rings. The molecule has 196 valence electrons. The average molecular weight is 517 g/mol. The van der Waals surface area contributed by atoms with Gasteiger partial charge in [-0.15, -0.1) is 0 Å². The van der Waals surface area contributed by atoms with Crippen LogP contribution >= 0.6 is 0 Å². The van der Waals surface area contributed by atoms with Gasteiger partial charge in [0.1, 0.15) is 5.82 Å². The molecule has 9 nitrogen and oxygen atoms in total. The number of pyridine rings is 1. The van der Waals surface area contributed by atoms with Crippen LogP contribution in [0.1, 0.15) is 31.1 Å². The van der Waals surface area contributed by atoms with Crippen LogP contribution in [-0.4, -0.2) is 84.9 Å². The Morgan fingerprint density at radius 1 is 0.789 bits per heavy atom. The summed E-state index contributed by atoms with van der Waals surface area (Å²) in [6, 6.07) is 14.4. The zero-order chi connectivity index (χ0) is 26.5. The standard InChI is InChI=1S/C28H29FN6O3/c29-23-5-1-3-20(17-23)27(37)35-15-13-33(14-16-35)25-7-6-21(28(38)34-11-9-30-10-12-34)18-24(25)32-26(36)22-4-2-8-31-19-22/h1-8,17-19,30H,9-16H2,(H,32,36). The molecule has 10 heteroatoms. The maximum atomic E-state index is 13.6. The second-order valence-corrected chi connectivity index (χ2v) is 9.26. The van der Waals surface area contributed by atoms with Gasteiger partial charge in [-0.05, 0) is 48.5 Å². The predicted molar refractivity (Wildman–Crippen MR) is 142 cm³/mol. The van der Waals surface area contributed by atoms with E-state index in [1.54, 1.807) is 46.3 Å². The van der Waals surface area contributed by atoms with Crippen LogP contribution in [0.2, 0.25) is 0 Å². The van der Waals surface area contributed by atoms with E-state index < -0.39 is 5.82 Å². The molecule has 2 aromatic carbocycles. The number of anilines is 2. The van der Waals surface area contributed by atoms with Crippen molar-refractivity contribution >= 4 is 29.1 Å². The first kappa shape index (κ1) is 25.3. The van der Waals surface area contributed by atoms with Crippen LogP contribution in [0.15, 0.2) is 67.0 Å². The Balaban J connectivity index is 1.36. The highest BCUT2D eigenvalue weighted by molar-refractivity contribution is 6.07. The SMILES string of the molecule is O=C(Nc1cc(C(=O)N2CCNCC2)ccc1N1CCN(C(=O)c2cccc(F)c2)CC1)c1cccnc1. The number of hydrogen-bond donors (Lipinski definition) is 2. The predicted octanol–water partition coefficient (Wildman–Crippen LogP) is 2.48. The zero-order valence-electron chi connectivity index (χ0n) is 20.9. The van der Waals surface area contributed by atoms with Gasteiger partial charge in [-0.2, -0.15) is 0 Å². The van der Waals surface area contributed by atoms with Crippen LogP contribution in [-0.2, 0) is 0 Å². The van der Waals surface area contributed by atoms with Gasteiger partial charge in [0.2, 0.25) is 0 Å². The molecular weight excluding hydrogens is 487 g/mol. The van der Waals surface area contributed by atoms with Crippen molar-refractivity contribution < 1.29 is 18.8 Å². The van der Waals surface area contributed by atoms with Crippen LogP contribution < -0.4 is 15.5 Å². The summed E-state index contributed by atoms with van der Waals surface area (Å²) < 4.78 is 13.6. The minimum absolute atomic E-state index is 0.0829. The zero-order valence-corrected chi connectivity index (χ0v) is 20.9. The Kier molecular flexibility index (Phi) is 7.60. The van der Waals surface area contributed by atoms with Crippen molar-refractivity contribution in [1.29, 1.82) is 0 Å². The first-order chi connectivity index (χ1) is 18.5. The van der Waals surface area contributed by atoms with Crippen molar-refractivity contribution in [2.75, 3.05) is 62.6 Å². The van der Waals surface area contributed by atoms with Gasteiger partial charge in [0, 0.05) is 75.9 Å². The molecule has 0 bridgehead atoms. The van der Waals surface area contributed by atoms with Crippen LogP contribution in [0.5, 0.6) is 0 Å². The van der Waals surface area contributed by atoms with E-state index in [-0.39, 0.29) is 17.7 Å². The molecule has 0 unspecified atom stereocenters. The number of nitrogens with one attached hydrogen (secondary N) is 2. The van der Waals surface area contributed by atoms with Crippen molar-refractivity contribution in [3.05, 3.63) is 89.5 Å². The number of aromatic nitrogens is 1. The summed E-state index contributed by atoms with van der Waals surface area (Å²) in [5.74, 6) is -1.07. The van der Waals surface area contributed by atoms with Crippen molar-refractivity contribution in [3.8, 4) is 0 Å². The normalized spacial score (nSPS) is 15.8. The quantitative estimate of drug-likeness (QED) is 0.541. The Morgan fingerprint density at radius 2 is 1.47 bits per heavy atom. The van der Waals surface area contributed by atoms with Gasteiger partial charge in [-0.25, -0.2) is 4.39 Å². The number of piperazine rings is 2. The second-order valence-electron chi connectivity index (χ2n) is 9.26. The van der Waals surface area contributed by atoms with E-state index in [0.29, 0.717) is 61.6 Å². The van der Waals surface area contributed by atoms with E-state index in [2.05, 4.69) is 20.5 Å². The van der Waals surface area contributed by atoms with Crippen LogP contribution in [0.25, 0.3) is 0 Å². The van der Waals surface area contributed by atoms with Crippen molar-refractivity contribution in [2.24, 2.45) is 0 Å². The molecule has 0 spiro atoms. The van der Waals surface area contributed by atoms with Crippen molar-refractivity contribution in [1.82, 2.24) is 20.1 Å². The average Bonchev–Trinajstić information content (AvgIpc) is 2.97. The molecule has 2 aliphatic heterocycles. The molecule has 0 aliphatic carbocycles. The monoisotopic (exact) mass is 516 g/mol. The first-order valence-electron chi connectivity index (χ1n) is 12.6. The number of amides is 3. The maximum Gasteiger partial charge on any atom is 0.257 e. The van der Waals surface area contributed by atoms with Crippen molar-refractivity contribution in [2.45, 2.75) is 0 Å². The fourth-order valence-corrected chi connectivity index (χ4v) is 4.74. The lowest BCUT2D eigenvalue weighted by Crippen LogP contribution is -2.49. The molecule has 0 atom stereocenters. The van der Waals surface area contributed by atoms with E-state index >= 15 is 0 Å². The maximum absolute atomic E-state index is 13.6. The van der Waals surface area contributed by atoms with Crippen LogP contribution in [0.3, 0.4) is 0 Å². The summed E-state index contributed by atoms with van der Waals surface area (Å²) in [4.78, 5) is 48.6. The summed E-state index contributed by atoms with van der Waals surface area (Å²) in [7, 11) is 0. The Morgan fingerprint density at radius 3 is 2.16 bits per heavy atom. The highest BCUT2D eigenvalue weighted by Gasteiger charge is 2.26. The van der Waals surface area contributed by atoms with Gasteiger partial charge in [-0.1, -0.05) is 6.07 Å². The van der Waals surface area contributed by atoms with Gasteiger partial charge in [-0.3, -0.25) is 19.4 Å². The number of carbonyl (C=O) groups excluding carboxylic acids is 3. The van der Waals surface area contributed by atoms with Gasteiger partial charge < -0.3 is 25.3 Å². The molecule has 38 heavy (non-hydrogen) atoms. The van der Waals surface area contributed by atoms with Gasteiger partial charge >= 0.3 is 0 Å². The molecule has 3 heterocycles. The van der Waals surface area contributed by atoms with Gasteiger partial charge in [0.05, 0.1) is 16.9 Å². The second kappa shape index (κ2) is 11.4. The molecule has 2 aliphatic rings. The third-order valence-corrected chi connectivity index (χ3v) is 6.80. The summed E-state index contributed by atoms with van der Waals surface area (Å²) in [5.41, 5.74) is 2.50. The number of benzene rings is 2. The number of hydrogen-bond acceptors (Lipinski definition) is 6. The van der Waals surface area contributed by atoms with E-state index in [1.165, 1.54) is 24.4 Å². The lowest BCUT2D eigenvalue weighted by Gasteiger charge is -2.37. The Bertz CT molecular complexity index is 1320. The number of carbonyl (C=O) groups is 3. The number of halogens is 1. The lowest BCUT2D eigenvalue weighted by atomic mass is 10.1. The highest BCUT2D eigenvalue weighted by atomic mass is 19.1. The smallest absolute Gasteiger partial charge is 0.257 e. The molecule has 3 aromatic rings. The number of rotatable bonds is 5. The summed E-state index contributed by atoms with van der Waals surface area (Å²) in [5, 5.41) is 6.21. The summed E-state index contributed by atoms with van der Waals surface area (Å²) >= 11 is 0. The fraction of sp³-hybridized carbons (Fsp3) is 0.286. The van der Waals surface area contributed by atoms with E-state index in [9.17, 15) is 18.8 Å². The lowest BCUT2D eigenvalue weighted by molar-refractivity contribution is 0.0731. The van der Waals surface area contributed by atoms with Gasteiger partial charge in [0.15, 0.2) is 0 Å². The van der Waals surface area contributed by atoms with Gasteiger partial charge in [0.25, 0.3) is 17.7 Å². The fourth-order valence-electron chi connectivity index (χ4n) is 4.74.